The molecule has 7 aromatic carbocycles. The molecule has 0 atom stereocenters. The van der Waals surface area contributed by atoms with E-state index in [4.69, 9.17) is 0 Å². The van der Waals surface area contributed by atoms with Crippen LogP contribution in [0, 0.1) is 0 Å². The molecule has 0 saturated heterocycles. The molecule has 0 unspecified atom stereocenters. The van der Waals surface area contributed by atoms with Gasteiger partial charge in [0.2, 0.25) is 0 Å². The first-order chi connectivity index (χ1) is 25.2. The molecule has 6 N–H and O–H groups in total. The Morgan fingerprint density at radius 1 is 0.434 bits per heavy atom. The van der Waals surface area contributed by atoms with Crippen molar-refractivity contribution in [2.75, 3.05) is 9.80 Å². The number of phenols is 6. The van der Waals surface area contributed by atoms with Gasteiger partial charge in [0.05, 0.1) is 0 Å². The van der Waals surface area contributed by atoms with Crippen molar-refractivity contribution in [3.63, 3.8) is 0 Å². The van der Waals surface area contributed by atoms with Crippen LogP contribution in [0.15, 0.2) is 121 Å². The van der Waals surface area contributed by atoms with Gasteiger partial charge in [-0.1, -0.05) is 0 Å². The summed E-state index contributed by atoms with van der Waals surface area (Å²) in [6.07, 6.45) is 0. The zero-order valence-corrected chi connectivity index (χ0v) is 34.7. The topological polar surface area (TPSA) is 128 Å². The molecule has 0 saturated carbocycles. The zero-order chi connectivity index (χ0) is 37.8. The Balaban J connectivity index is 1.62. The SMILES string of the molecule is [CH3][GeH]([CH3])[c]1ccc(N(c2c(O)cc(O)cc2O)c2c3ccccc3c(N(c3cc[c]([Ge]([CH3])([CH3])[CH3])cc3)c3c(O)cc(O)cc3O)c3ccccc23)cc1. The van der Waals surface area contributed by atoms with Gasteiger partial charge in [0.25, 0.3) is 0 Å². The van der Waals surface area contributed by atoms with Gasteiger partial charge in [-0.15, -0.1) is 0 Å². The van der Waals surface area contributed by atoms with E-state index in [2.05, 4.69) is 53.0 Å². The summed E-state index contributed by atoms with van der Waals surface area (Å²) in [6.45, 7) is 0. The molecule has 8 nitrogen and oxygen atoms in total. The Kier molecular flexibility index (Phi) is 9.38. The van der Waals surface area contributed by atoms with E-state index in [1.807, 2.05) is 82.6 Å². The number of phenolic OH excluding ortho intramolecular Hbond substituents is 6. The summed E-state index contributed by atoms with van der Waals surface area (Å²) in [5.41, 5.74) is 2.87. The Hall–Kier alpha value is -5.45. The summed E-state index contributed by atoms with van der Waals surface area (Å²) in [6, 6.07) is 36.7. The molecule has 0 heterocycles. The molecule has 7 aromatic rings. The zero-order valence-electron chi connectivity index (χ0n) is 30.2. The predicted octanol–water partition coefficient (Wildman–Crippen LogP) is 9.41. The minimum atomic E-state index is -2.23. The third-order valence-corrected chi connectivity index (χ3v) is 17.6. The van der Waals surface area contributed by atoms with Gasteiger partial charge in [-0.3, -0.25) is 0 Å². The van der Waals surface area contributed by atoms with E-state index in [1.54, 1.807) is 0 Å². The van der Waals surface area contributed by atoms with E-state index in [1.165, 1.54) is 33.1 Å². The Labute approximate surface area is 315 Å². The fourth-order valence-electron chi connectivity index (χ4n) is 7.06. The van der Waals surface area contributed by atoms with Crippen molar-refractivity contribution < 1.29 is 30.6 Å². The summed E-state index contributed by atoms with van der Waals surface area (Å²) in [7, 11) is 0. The molecule has 0 aliphatic rings. The van der Waals surface area contributed by atoms with Crippen molar-refractivity contribution in [3.05, 3.63) is 121 Å². The molecule has 0 aliphatic carbocycles. The summed E-state index contributed by atoms with van der Waals surface area (Å²) in [5, 5.41) is 69.4. The average Bonchev–Trinajstić information content (AvgIpc) is 3.10. The number of nitrogens with zero attached hydrogens (tertiary/aromatic N) is 2. The van der Waals surface area contributed by atoms with Gasteiger partial charge in [0, 0.05) is 0 Å². The van der Waals surface area contributed by atoms with Crippen LogP contribution in [0.3, 0.4) is 0 Å². The second-order valence-corrected chi connectivity index (χ2v) is 31.6. The summed E-state index contributed by atoms with van der Waals surface area (Å²) in [4.78, 5) is 3.64. The molecule has 0 radical (unpaired) electrons. The van der Waals surface area contributed by atoms with Crippen molar-refractivity contribution in [3.8, 4) is 34.5 Å². The van der Waals surface area contributed by atoms with Gasteiger partial charge < -0.3 is 0 Å². The van der Waals surface area contributed by atoms with Crippen LogP contribution in [-0.2, 0) is 0 Å². The standard InChI is InChI=1S/C43H42Ge2N2O6/c1-44(2)26-14-18-28(19-15-26)46(42-36(50)22-30(48)23-37(42)51)40-32-10-6-8-12-34(32)41(35-13-9-7-11-33(35)40)47(43-38(52)24-31(49)25-39(43)53)29-20-16-27(17-21-29)45(3,4)5/h6-25,44,48-53H,1-5H3. The number of aromatic hydroxyl groups is 6. The second-order valence-electron chi connectivity index (χ2n) is 14.7. The van der Waals surface area contributed by atoms with Gasteiger partial charge in [0.1, 0.15) is 0 Å². The minimum absolute atomic E-state index is 0.0940. The van der Waals surface area contributed by atoms with E-state index in [0.29, 0.717) is 22.7 Å². The van der Waals surface area contributed by atoms with E-state index in [9.17, 15) is 30.6 Å². The summed E-state index contributed by atoms with van der Waals surface area (Å²) in [5.74, 6) is 9.75. The van der Waals surface area contributed by atoms with Crippen LogP contribution in [-0.4, -0.2) is 58.3 Å². The second kappa shape index (κ2) is 13.8. The monoisotopic (exact) mass is 830 g/mol. The number of rotatable bonds is 8. The van der Waals surface area contributed by atoms with Crippen LogP contribution in [0.4, 0.5) is 34.1 Å². The van der Waals surface area contributed by atoms with Crippen LogP contribution < -0.4 is 18.6 Å². The molecule has 10 heteroatoms. The number of hydrogen-bond donors (Lipinski definition) is 6. The van der Waals surface area contributed by atoms with Crippen molar-refractivity contribution in [1.82, 2.24) is 0 Å². The number of hydrogen-bond acceptors (Lipinski definition) is 8. The Morgan fingerprint density at radius 3 is 1.06 bits per heavy atom. The quantitative estimate of drug-likeness (QED) is 0.0509. The molecular weight excluding hydrogens is 786 g/mol. The van der Waals surface area contributed by atoms with Gasteiger partial charge in [-0.25, -0.2) is 0 Å². The molecule has 0 amide bonds. The van der Waals surface area contributed by atoms with Gasteiger partial charge in [-0.2, -0.15) is 0 Å². The van der Waals surface area contributed by atoms with Crippen LogP contribution in [0.25, 0.3) is 21.5 Å². The summed E-state index contributed by atoms with van der Waals surface area (Å²) >= 11 is -3.87. The molecule has 0 fully saturated rings. The van der Waals surface area contributed by atoms with Crippen LogP contribution in [0.1, 0.15) is 0 Å². The average molecular weight is 828 g/mol. The van der Waals surface area contributed by atoms with Crippen LogP contribution in [0.5, 0.6) is 34.5 Å². The fraction of sp³-hybridized carbons (Fsp3) is 0.116. The maximum absolute atomic E-state index is 11.4. The van der Waals surface area contributed by atoms with E-state index < -0.39 is 27.6 Å². The Bertz CT molecular complexity index is 2390. The van der Waals surface area contributed by atoms with Crippen LogP contribution >= 0.6 is 0 Å². The molecule has 7 rings (SSSR count). The molecule has 268 valence electrons. The molecule has 0 aromatic heterocycles. The van der Waals surface area contributed by atoms with E-state index in [-0.39, 0.29) is 45.9 Å². The number of anilines is 6. The molecule has 53 heavy (non-hydrogen) atoms. The third-order valence-electron chi connectivity index (χ3n) is 9.69. The van der Waals surface area contributed by atoms with E-state index in [0.717, 1.165) is 21.5 Å². The predicted molar refractivity (Wildman–Crippen MR) is 222 cm³/mol. The van der Waals surface area contributed by atoms with Crippen molar-refractivity contribution >= 4 is 92.1 Å². The first kappa shape index (κ1) is 35.9. The third kappa shape index (κ3) is 6.57. The van der Waals surface area contributed by atoms with Crippen molar-refractivity contribution in [2.24, 2.45) is 0 Å². The van der Waals surface area contributed by atoms with Gasteiger partial charge in [0.15, 0.2) is 0 Å². The van der Waals surface area contributed by atoms with Gasteiger partial charge in [-0.05, 0) is 0 Å². The molecule has 0 bridgehead atoms. The summed E-state index contributed by atoms with van der Waals surface area (Å²) < 4.78 is 2.59. The van der Waals surface area contributed by atoms with E-state index >= 15 is 0 Å². The number of benzene rings is 7. The first-order valence-corrected chi connectivity index (χ1v) is 30.9. The Morgan fingerprint density at radius 2 is 0.755 bits per heavy atom. The van der Waals surface area contributed by atoms with Crippen molar-refractivity contribution in [2.45, 2.75) is 28.8 Å². The van der Waals surface area contributed by atoms with Crippen LogP contribution in [0.2, 0.25) is 28.8 Å². The first-order valence-electron chi connectivity index (χ1n) is 17.5. The molecule has 0 spiro atoms. The fourth-order valence-corrected chi connectivity index (χ4v) is 11.5. The normalized spacial score (nSPS) is 11.7. The van der Waals surface area contributed by atoms with Crippen molar-refractivity contribution in [1.29, 1.82) is 0 Å². The number of fused-ring (bicyclic) bond motifs is 2. The van der Waals surface area contributed by atoms with Gasteiger partial charge >= 0.3 is 317 Å². The molecular formula is C43H42Ge2N2O6. The maximum atomic E-state index is 11.4. The molecule has 0 aliphatic heterocycles.